The lowest BCUT2D eigenvalue weighted by atomic mass is 9.87. The molecule has 0 radical (unpaired) electrons. The van der Waals surface area contributed by atoms with Gasteiger partial charge in [-0.2, -0.15) is 0 Å². The zero-order valence-electron chi connectivity index (χ0n) is 11.8. The van der Waals surface area contributed by atoms with Crippen LogP contribution in [-0.2, 0) is 11.3 Å². The van der Waals surface area contributed by atoms with Crippen LogP contribution in [0.4, 0.5) is 0 Å². The normalized spacial score (nSPS) is 27.8. The summed E-state index contributed by atoms with van der Waals surface area (Å²) in [6, 6.07) is 10.3. The van der Waals surface area contributed by atoms with E-state index in [-0.39, 0.29) is 0 Å². The summed E-state index contributed by atoms with van der Waals surface area (Å²) in [4.78, 5) is 14.9. The molecule has 2 nitrogen and oxygen atoms in total. The SMILES string of the molecule is O=C(C1CC2CCC1C2)N(CCBr)Cc1ccccc1. The van der Waals surface area contributed by atoms with Crippen molar-refractivity contribution in [2.75, 3.05) is 11.9 Å². The van der Waals surface area contributed by atoms with Crippen molar-refractivity contribution in [1.82, 2.24) is 4.90 Å². The van der Waals surface area contributed by atoms with Crippen molar-refractivity contribution in [1.29, 1.82) is 0 Å². The molecule has 2 aliphatic carbocycles. The van der Waals surface area contributed by atoms with E-state index in [1.807, 2.05) is 18.2 Å². The molecule has 0 saturated heterocycles. The predicted molar refractivity (Wildman–Crippen MR) is 84.6 cm³/mol. The first-order valence-electron chi connectivity index (χ1n) is 7.66. The molecular weight excluding hydrogens is 314 g/mol. The van der Waals surface area contributed by atoms with Gasteiger partial charge in [0.25, 0.3) is 0 Å². The third-order valence-corrected chi connectivity index (χ3v) is 5.29. The van der Waals surface area contributed by atoms with Gasteiger partial charge in [0, 0.05) is 24.3 Å². The van der Waals surface area contributed by atoms with E-state index in [9.17, 15) is 4.79 Å². The first-order valence-corrected chi connectivity index (χ1v) is 8.78. The van der Waals surface area contributed by atoms with Crippen LogP contribution in [0.5, 0.6) is 0 Å². The van der Waals surface area contributed by atoms with Gasteiger partial charge in [-0.3, -0.25) is 4.79 Å². The molecule has 1 aromatic rings. The Bertz CT molecular complexity index is 461. The first-order chi connectivity index (χ1) is 9.78. The Morgan fingerprint density at radius 1 is 1.20 bits per heavy atom. The molecular formula is C17H22BrNO. The van der Waals surface area contributed by atoms with Gasteiger partial charge < -0.3 is 4.90 Å². The summed E-state index contributed by atoms with van der Waals surface area (Å²) in [6.07, 6.45) is 5.06. The second kappa shape index (κ2) is 6.30. The number of carbonyl (C=O) groups is 1. The Morgan fingerprint density at radius 2 is 2.00 bits per heavy atom. The van der Waals surface area contributed by atoms with Crippen molar-refractivity contribution in [3.8, 4) is 0 Å². The molecule has 2 aliphatic rings. The molecule has 0 aromatic heterocycles. The van der Waals surface area contributed by atoms with Gasteiger partial charge in [-0.1, -0.05) is 52.7 Å². The van der Waals surface area contributed by atoms with Crippen LogP contribution in [0.1, 0.15) is 31.2 Å². The standard InChI is InChI=1S/C17H22BrNO/c18-8-9-19(12-13-4-2-1-3-5-13)17(20)16-11-14-6-7-15(16)10-14/h1-5,14-16H,6-12H2. The summed E-state index contributed by atoms with van der Waals surface area (Å²) in [6.45, 7) is 1.56. The Labute approximate surface area is 129 Å². The van der Waals surface area contributed by atoms with Gasteiger partial charge in [-0.15, -0.1) is 0 Å². The number of benzene rings is 1. The number of hydrogen-bond donors (Lipinski definition) is 0. The average molecular weight is 336 g/mol. The van der Waals surface area contributed by atoms with Crippen molar-refractivity contribution in [3.05, 3.63) is 35.9 Å². The minimum absolute atomic E-state index is 0.302. The average Bonchev–Trinajstić information content (AvgIpc) is 3.10. The van der Waals surface area contributed by atoms with Gasteiger partial charge in [0.15, 0.2) is 0 Å². The van der Waals surface area contributed by atoms with Crippen molar-refractivity contribution >= 4 is 21.8 Å². The third-order valence-electron chi connectivity index (χ3n) is 4.94. The predicted octanol–water partition coefficient (Wildman–Crippen LogP) is 3.85. The van der Waals surface area contributed by atoms with Gasteiger partial charge in [0.1, 0.15) is 0 Å². The topological polar surface area (TPSA) is 20.3 Å². The second-order valence-electron chi connectivity index (χ2n) is 6.22. The first kappa shape index (κ1) is 14.1. The van der Waals surface area contributed by atoms with Gasteiger partial charge in [-0.25, -0.2) is 0 Å². The zero-order chi connectivity index (χ0) is 13.9. The van der Waals surface area contributed by atoms with E-state index < -0.39 is 0 Å². The highest BCUT2D eigenvalue weighted by molar-refractivity contribution is 9.09. The van der Waals surface area contributed by atoms with E-state index in [1.54, 1.807) is 0 Å². The molecule has 0 heterocycles. The maximum Gasteiger partial charge on any atom is 0.226 e. The number of halogens is 1. The summed E-state index contributed by atoms with van der Waals surface area (Å²) >= 11 is 3.49. The van der Waals surface area contributed by atoms with Crippen LogP contribution in [0.15, 0.2) is 30.3 Å². The summed E-state index contributed by atoms with van der Waals surface area (Å²) in [5.41, 5.74) is 1.23. The minimum atomic E-state index is 0.302. The molecule has 3 heteroatoms. The van der Waals surface area contributed by atoms with Crippen LogP contribution in [0, 0.1) is 17.8 Å². The lowest BCUT2D eigenvalue weighted by Gasteiger charge is -2.29. The number of rotatable bonds is 5. The van der Waals surface area contributed by atoms with Gasteiger partial charge in [-0.05, 0) is 36.7 Å². The largest absolute Gasteiger partial charge is 0.337 e. The highest BCUT2D eigenvalue weighted by Crippen LogP contribution is 2.48. The molecule has 0 aliphatic heterocycles. The van der Waals surface area contributed by atoms with Crippen molar-refractivity contribution in [2.45, 2.75) is 32.2 Å². The van der Waals surface area contributed by atoms with Gasteiger partial charge >= 0.3 is 0 Å². The van der Waals surface area contributed by atoms with Crippen LogP contribution in [-0.4, -0.2) is 22.7 Å². The second-order valence-corrected chi connectivity index (χ2v) is 7.01. The summed E-state index contributed by atoms with van der Waals surface area (Å²) in [5, 5.41) is 0.854. The zero-order valence-corrected chi connectivity index (χ0v) is 13.4. The molecule has 20 heavy (non-hydrogen) atoms. The third kappa shape index (κ3) is 2.93. The molecule has 3 unspecified atom stereocenters. The van der Waals surface area contributed by atoms with E-state index in [2.05, 4.69) is 33.0 Å². The monoisotopic (exact) mass is 335 g/mol. The molecule has 3 rings (SSSR count). The molecule has 0 spiro atoms. The van der Waals surface area contributed by atoms with Crippen LogP contribution in [0.3, 0.4) is 0 Å². The fourth-order valence-corrected chi connectivity index (χ4v) is 4.38. The highest BCUT2D eigenvalue weighted by Gasteiger charge is 2.44. The molecule has 2 saturated carbocycles. The molecule has 1 aromatic carbocycles. The fraction of sp³-hybridized carbons (Fsp3) is 0.588. The van der Waals surface area contributed by atoms with Gasteiger partial charge in [0.2, 0.25) is 5.91 Å². The number of fused-ring (bicyclic) bond motifs is 2. The molecule has 3 atom stereocenters. The number of hydrogen-bond acceptors (Lipinski definition) is 1. The van der Waals surface area contributed by atoms with E-state index in [1.165, 1.54) is 24.8 Å². The molecule has 108 valence electrons. The molecule has 2 bridgehead atoms. The molecule has 0 N–H and O–H groups in total. The summed E-state index contributed by atoms with van der Waals surface area (Å²) in [7, 11) is 0. The smallest absolute Gasteiger partial charge is 0.226 e. The quantitative estimate of drug-likeness (QED) is 0.748. The van der Waals surface area contributed by atoms with Crippen molar-refractivity contribution in [3.63, 3.8) is 0 Å². The van der Waals surface area contributed by atoms with E-state index in [0.717, 1.165) is 30.8 Å². The number of alkyl halides is 1. The van der Waals surface area contributed by atoms with E-state index in [4.69, 9.17) is 0 Å². The maximum absolute atomic E-state index is 12.8. The van der Waals surface area contributed by atoms with E-state index >= 15 is 0 Å². The number of nitrogens with zero attached hydrogens (tertiary/aromatic N) is 1. The Morgan fingerprint density at radius 3 is 2.60 bits per heavy atom. The van der Waals surface area contributed by atoms with Crippen LogP contribution < -0.4 is 0 Å². The summed E-state index contributed by atoms with van der Waals surface area (Å²) < 4.78 is 0. The fourth-order valence-electron chi connectivity index (χ4n) is 3.95. The van der Waals surface area contributed by atoms with Crippen LogP contribution in [0.2, 0.25) is 0 Å². The van der Waals surface area contributed by atoms with Crippen molar-refractivity contribution < 1.29 is 4.79 Å². The van der Waals surface area contributed by atoms with E-state index in [0.29, 0.717) is 17.7 Å². The van der Waals surface area contributed by atoms with Crippen molar-refractivity contribution in [2.24, 2.45) is 17.8 Å². The Balaban J connectivity index is 1.68. The van der Waals surface area contributed by atoms with Gasteiger partial charge in [0.05, 0.1) is 0 Å². The Hall–Kier alpha value is -0.830. The maximum atomic E-state index is 12.8. The molecule has 2 fully saturated rings. The lowest BCUT2D eigenvalue weighted by molar-refractivity contribution is -0.137. The molecule has 1 amide bonds. The van der Waals surface area contributed by atoms with Crippen LogP contribution >= 0.6 is 15.9 Å². The van der Waals surface area contributed by atoms with Crippen LogP contribution in [0.25, 0.3) is 0 Å². The highest BCUT2D eigenvalue weighted by atomic mass is 79.9. The lowest BCUT2D eigenvalue weighted by Crippen LogP contribution is -2.38. The minimum Gasteiger partial charge on any atom is -0.337 e. The Kier molecular flexibility index (Phi) is 4.45. The number of amides is 1. The number of carbonyl (C=O) groups excluding carboxylic acids is 1. The summed E-state index contributed by atoms with van der Waals surface area (Å²) in [5.74, 6) is 2.19.